The quantitative estimate of drug-likeness (QED) is 0.337. The van der Waals surface area contributed by atoms with Gasteiger partial charge in [-0.1, -0.05) is 65.0 Å². The van der Waals surface area contributed by atoms with E-state index in [0.29, 0.717) is 49.8 Å². The Morgan fingerprint density at radius 3 is 2.21 bits per heavy atom. The zero-order valence-electron chi connectivity index (χ0n) is 25.6. The average Bonchev–Trinajstić information content (AvgIpc) is 2.96. The molecule has 1 saturated heterocycles. The summed E-state index contributed by atoms with van der Waals surface area (Å²) in [5.74, 6) is -1.34. The van der Waals surface area contributed by atoms with E-state index in [-0.39, 0.29) is 24.4 Å². The van der Waals surface area contributed by atoms with Crippen LogP contribution in [0.4, 0.5) is 4.79 Å². The fourth-order valence-corrected chi connectivity index (χ4v) is 4.61. The van der Waals surface area contributed by atoms with Crippen molar-refractivity contribution < 1.29 is 38.5 Å². The van der Waals surface area contributed by atoms with Crippen LogP contribution in [0.2, 0.25) is 0 Å². The summed E-state index contributed by atoms with van der Waals surface area (Å²) in [5.41, 5.74) is 1.38. The molecule has 1 fully saturated rings. The van der Waals surface area contributed by atoms with E-state index in [1.165, 1.54) is 0 Å². The van der Waals surface area contributed by atoms with E-state index in [9.17, 15) is 24.3 Å². The molecule has 0 spiro atoms. The molecule has 0 bridgehead atoms. The molecule has 1 aliphatic heterocycles. The van der Waals surface area contributed by atoms with Gasteiger partial charge in [0.1, 0.15) is 23.6 Å². The molecule has 11 heteroatoms. The smallest absolute Gasteiger partial charge is 0.415 e. The van der Waals surface area contributed by atoms with E-state index >= 15 is 0 Å². The second kappa shape index (κ2) is 15.4. The molecule has 1 heterocycles. The summed E-state index contributed by atoms with van der Waals surface area (Å²) in [7, 11) is 0. The highest BCUT2D eigenvalue weighted by molar-refractivity contribution is 5.90. The summed E-state index contributed by atoms with van der Waals surface area (Å²) in [6, 6.07) is 11.7. The third-order valence-electron chi connectivity index (χ3n) is 6.86. The first-order valence-corrected chi connectivity index (χ1v) is 14.5. The molecule has 0 unspecified atom stereocenters. The minimum Gasteiger partial charge on any atom is -0.483 e. The summed E-state index contributed by atoms with van der Waals surface area (Å²) < 4.78 is 16.4. The molecule has 0 radical (unpaired) electrons. The molecule has 0 saturated carbocycles. The number of aliphatic carboxylic acids is 1. The van der Waals surface area contributed by atoms with Gasteiger partial charge >= 0.3 is 12.1 Å². The predicted octanol–water partition coefficient (Wildman–Crippen LogP) is 3.54. The van der Waals surface area contributed by atoms with Crippen molar-refractivity contribution in [3.63, 3.8) is 0 Å². The van der Waals surface area contributed by atoms with E-state index in [1.54, 1.807) is 35.2 Å². The Bertz CT molecular complexity index is 1250. The van der Waals surface area contributed by atoms with Crippen molar-refractivity contribution in [2.75, 3.05) is 32.9 Å². The molecule has 234 valence electrons. The van der Waals surface area contributed by atoms with Crippen LogP contribution < -0.4 is 20.1 Å². The van der Waals surface area contributed by atoms with Crippen molar-refractivity contribution in [2.24, 2.45) is 5.92 Å². The van der Waals surface area contributed by atoms with Gasteiger partial charge in [-0.25, -0.2) is 9.59 Å². The number of hydrogen-bond acceptors (Lipinski definition) is 7. The molecule has 43 heavy (non-hydrogen) atoms. The van der Waals surface area contributed by atoms with Crippen molar-refractivity contribution in [1.82, 2.24) is 15.5 Å². The lowest BCUT2D eigenvalue weighted by molar-refractivity contribution is -0.142. The van der Waals surface area contributed by atoms with Crippen molar-refractivity contribution in [2.45, 2.75) is 65.0 Å². The Kier molecular flexibility index (Phi) is 11.9. The number of morpholine rings is 1. The molecule has 2 aromatic carbocycles. The normalized spacial score (nSPS) is 14.9. The topological polar surface area (TPSA) is 143 Å². The lowest BCUT2D eigenvalue weighted by Crippen LogP contribution is -2.53. The van der Waals surface area contributed by atoms with Crippen LogP contribution in [0.3, 0.4) is 0 Å². The number of hydrogen-bond donors (Lipinski definition) is 3. The Balaban J connectivity index is 1.59. The van der Waals surface area contributed by atoms with Gasteiger partial charge in [0.15, 0.2) is 6.61 Å². The maximum atomic E-state index is 13.2. The number of ether oxygens (including phenoxy) is 3. The first-order chi connectivity index (χ1) is 20.3. The maximum absolute atomic E-state index is 13.2. The van der Waals surface area contributed by atoms with Gasteiger partial charge < -0.3 is 34.9 Å². The van der Waals surface area contributed by atoms with Gasteiger partial charge in [0, 0.05) is 19.5 Å². The number of carboxylic acids is 1. The Hall–Kier alpha value is -4.12. The Morgan fingerprint density at radius 2 is 1.60 bits per heavy atom. The molecular formula is C32H43N3O8. The van der Waals surface area contributed by atoms with Gasteiger partial charge in [-0.05, 0) is 47.1 Å². The highest BCUT2D eigenvalue weighted by atomic mass is 16.6. The summed E-state index contributed by atoms with van der Waals surface area (Å²) >= 11 is 0. The Morgan fingerprint density at radius 1 is 0.953 bits per heavy atom. The van der Waals surface area contributed by atoms with Crippen LogP contribution in [0, 0.1) is 5.92 Å². The predicted molar refractivity (Wildman–Crippen MR) is 160 cm³/mol. The lowest BCUT2D eigenvalue weighted by Gasteiger charge is -2.25. The molecule has 1 aliphatic rings. The summed E-state index contributed by atoms with van der Waals surface area (Å²) in [6.07, 6.45) is -0.173. The fourth-order valence-electron chi connectivity index (χ4n) is 4.61. The highest BCUT2D eigenvalue weighted by Crippen LogP contribution is 2.30. The van der Waals surface area contributed by atoms with Crippen LogP contribution in [-0.2, 0) is 31.0 Å². The van der Waals surface area contributed by atoms with Crippen molar-refractivity contribution >= 4 is 23.9 Å². The van der Waals surface area contributed by atoms with Crippen molar-refractivity contribution in [3.05, 3.63) is 59.7 Å². The fraction of sp³-hybridized carbons (Fsp3) is 0.500. The standard InChI is InChI=1S/C32H43N3O8/c1-21(2)18-25(33-28(36)20-42-27-9-7-6-8-24(27)32(3,4)5)29(37)34-26(30(38)39)19-22-10-12-23(13-11-22)43-31(40)35-14-16-41-17-15-35/h6-13,21,25-26H,14-20H2,1-5H3,(H,33,36)(H,34,37)(H,38,39)/t25-,26+/m1/s1. The van der Waals surface area contributed by atoms with E-state index in [4.69, 9.17) is 14.2 Å². The molecule has 3 rings (SSSR count). The minimum absolute atomic E-state index is 0.00614. The van der Waals surface area contributed by atoms with Gasteiger partial charge in [0.25, 0.3) is 5.91 Å². The number of amides is 3. The first kappa shape index (κ1) is 33.4. The van der Waals surface area contributed by atoms with Gasteiger partial charge in [0.2, 0.25) is 5.91 Å². The summed E-state index contributed by atoms with van der Waals surface area (Å²) in [4.78, 5) is 51.9. The van der Waals surface area contributed by atoms with E-state index < -0.39 is 36.0 Å². The SMILES string of the molecule is CC(C)C[C@@H](NC(=O)COc1ccccc1C(C)(C)C)C(=O)N[C@@H](Cc1ccc(OC(=O)N2CCOCC2)cc1)C(=O)O. The van der Waals surface area contributed by atoms with Crippen LogP contribution >= 0.6 is 0 Å². The monoisotopic (exact) mass is 597 g/mol. The Labute approximate surface area is 252 Å². The van der Waals surface area contributed by atoms with Crippen LogP contribution in [-0.4, -0.2) is 78.9 Å². The van der Waals surface area contributed by atoms with Crippen LogP contribution in [0.1, 0.15) is 52.2 Å². The summed E-state index contributed by atoms with van der Waals surface area (Å²) in [5, 5.41) is 15.1. The van der Waals surface area contributed by atoms with Gasteiger partial charge in [-0.2, -0.15) is 0 Å². The molecule has 2 atom stereocenters. The number of nitrogens with zero attached hydrogens (tertiary/aromatic N) is 1. The second-order valence-electron chi connectivity index (χ2n) is 12.0. The highest BCUT2D eigenvalue weighted by Gasteiger charge is 2.28. The average molecular weight is 598 g/mol. The molecule has 0 aromatic heterocycles. The second-order valence-corrected chi connectivity index (χ2v) is 12.0. The first-order valence-electron chi connectivity index (χ1n) is 14.5. The largest absolute Gasteiger partial charge is 0.483 e. The van der Waals surface area contributed by atoms with Gasteiger partial charge in [-0.15, -0.1) is 0 Å². The van der Waals surface area contributed by atoms with Crippen molar-refractivity contribution in [3.8, 4) is 11.5 Å². The summed E-state index contributed by atoms with van der Waals surface area (Å²) in [6.45, 7) is 11.5. The van der Waals surface area contributed by atoms with E-state index in [1.807, 2.05) is 52.8 Å². The molecule has 11 nitrogen and oxygen atoms in total. The molecule has 2 aromatic rings. The van der Waals surface area contributed by atoms with Gasteiger partial charge in [-0.3, -0.25) is 9.59 Å². The molecule has 0 aliphatic carbocycles. The number of para-hydroxylation sites is 1. The van der Waals surface area contributed by atoms with Crippen LogP contribution in [0.15, 0.2) is 48.5 Å². The van der Waals surface area contributed by atoms with E-state index in [0.717, 1.165) is 5.56 Å². The third-order valence-corrected chi connectivity index (χ3v) is 6.86. The molecular weight excluding hydrogens is 554 g/mol. The number of carboxylic acid groups (broad SMARTS) is 1. The van der Waals surface area contributed by atoms with Crippen molar-refractivity contribution in [1.29, 1.82) is 0 Å². The number of nitrogens with one attached hydrogen (secondary N) is 2. The van der Waals surface area contributed by atoms with E-state index in [2.05, 4.69) is 10.6 Å². The van der Waals surface area contributed by atoms with Crippen LogP contribution in [0.25, 0.3) is 0 Å². The molecule has 3 amide bonds. The minimum atomic E-state index is -1.24. The lowest BCUT2D eigenvalue weighted by atomic mass is 9.86. The number of carbonyl (C=O) groups excluding carboxylic acids is 3. The third kappa shape index (κ3) is 10.6. The number of carbonyl (C=O) groups is 4. The maximum Gasteiger partial charge on any atom is 0.415 e. The van der Waals surface area contributed by atoms with Gasteiger partial charge in [0.05, 0.1) is 13.2 Å². The zero-order chi connectivity index (χ0) is 31.6. The zero-order valence-corrected chi connectivity index (χ0v) is 25.6. The number of rotatable bonds is 12. The molecule has 3 N–H and O–H groups in total. The van der Waals surface area contributed by atoms with Crippen LogP contribution in [0.5, 0.6) is 11.5 Å². The number of benzene rings is 2.